The molecule has 0 radical (unpaired) electrons. The molecule has 0 bridgehead atoms. The molecule has 0 atom stereocenters. The maximum Gasteiger partial charge on any atom is 0.248 e. The number of primary amides is 1. The van der Waals surface area contributed by atoms with Crippen LogP contribution in [0.5, 0.6) is 0 Å². The molecule has 0 saturated carbocycles. The molecule has 0 aliphatic heterocycles. The van der Waals surface area contributed by atoms with Crippen molar-refractivity contribution in [3.63, 3.8) is 0 Å². The molecule has 116 valence electrons. The number of rotatable bonds is 8. The summed E-state index contributed by atoms with van der Waals surface area (Å²) >= 11 is 0. The van der Waals surface area contributed by atoms with E-state index >= 15 is 0 Å². The molecule has 0 spiro atoms. The summed E-state index contributed by atoms with van der Waals surface area (Å²) in [6.45, 7) is 3.26. The van der Waals surface area contributed by atoms with Crippen molar-refractivity contribution in [2.75, 3.05) is 19.6 Å². The normalized spacial score (nSPS) is 10.8. The largest absolute Gasteiger partial charge is 0.366 e. The number of benzene rings is 2. The zero-order chi connectivity index (χ0) is 15.8. The second kappa shape index (κ2) is 8.32. The van der Waals surface area contributed by atoms with Crippen LogP contribution in [0.1, 0.15) is 21.5 Å². The van der Waals surface area contributed by atoms with Crippen LogP contribution < -0.4 is 11.5 Å². The fourth-order valence-corrected chi connectivity index (χ4v) is 2.42. The minimum absolute atomic E-state index is 0.394. The molecule has 0 aromatic heterocycles. The van der Waals surface area contributed by atoms with Crippen LogP contribution in [0.2, 0.25) is 0 Å². The van der Waals surface area contributed by atoms with Crippen LogP contribution in [-0.2, 0) is 13.0 Å². The van der Waals surface area contributed by atoms with E-state index in [-0.39, 0.29) is 0 Å². The second-order valence-electron chi connectivity index (χ2n) is 5.36. The number of carbonyl (C=O) groups excluding carboxylic acids is 1. The molecule has 1 amide bonds. The van der Waals surface area contributed by atoms with Gasteiger partial charge < -0.3 is 11.5 Å². The maximum atomic E-state index is 11.1. The van der Waals surface area contributed by atoms with E-state index in [1.54, 1.807) is 12.1 Å². The monoisotopic (exact) mass is 297 g/mol. The molecule has 4 heteroatoms. The molecule has 2 aromatic carbocycles. The van der Waals surface area contributed by atoms with E-state index in [2.05, 4.69) is 29.2 Å². The van der Waals surface area contributed by atoms with Gasteiger partial charge in [-0.15, -0.1) is 0 Å². The van der Waals surface area contributed by atoms with Gasteiger partial charge in [-0.1, -0.05) is 42.5 Å². The van der Waals surface area contributed by atoms with Gasteiger partial charge in [-0.2, -0.15) is 0 Å². The highest BCUT2D eigenvalue weighted by atomic mass is 16.1. The first kappa shape index (κ1) is 16.2. The first-order valence-electron chi connectivity index (χ1n) is 7.54. The van der Waals surface area contributed by atoms with Crippen molar-refractivity contribution in [1.82, 2.24) is 4.90 Å². The number of hydrogen-bond donors (Lipinski definition) is 2. The third-order valence-corrected chi connectivity index (χ3v) is 3.65. The summed E-state index contributed by atoms with van der Waals surface area (Å²) < 4.78 is 0. The van der Waals surface area contributed by atoms with Crippen molar-refractivity contribution in [3.8, 4) is 0 Å². The summed E-state index contributed by atoms with van der Waals surface area (Å²) in [4.78, 5) is 13.4. The quantitative estimate of drug-likeness (QED) is 0.780. The van der Waals surface area contributed by atoms with Crippen LogP contribution >= 0.6 is 0 Å². The zero-order valence-electron chi connectivity index (χ0n) is 12.7. The summed E-state index contributed by atoms with van der Waals surface area (Å²) in [5.41, 5.74) is 14.0. The third kappa shape index (κ3) is 4.98. The Balaban J connectivity index is 1.94. The predicted octanol–water partition coefficient (Wildman–Crippen LogP) is 1.79. The first-order chi connectivity index (χ1) is 10.7. The molecule has 4 N–H and O–H groups in total. The van der Waals surface area contributed by atoms with Gasteiger partial charge in [-0.3, -0.25) is 9.69 Å². The predicted molar refractivity (Wildman–Crippen MR) is 89.4 cm³/mol. The summed E-state index contributed by atoms with van der Waals surface area (Å²) in [6, 6.07) is 17.9. The summed E-state index contributed by atoms with van der Waals surface area (Å²) in [5.74, 6) is -0.394. The Labute approximate surface area is 131 Å². The second-order valence-corrected chi connectivity index (χ2v) is 5.36. The summed E-state index contributed by atoms with van der Waals surface area (Å²) in [5, 5.41) is 0. The molecule has 0 aliphatic rings. The Morgan fingerprint density at radius 2 is 1.59 bits per heavy atom. The van der Waals surface area contributed by atoms with E-state index in [1.165, 1.54) is 5.56 Å². The SMILES string of the molecule is NCCN(CCc1ccccc1)Cc1ccc(C(N)=O)cc1. The minimum atomic E-state index is -0.394. The van der Waals surface area contributed by atoms with Gasteiger partial charge in [0, 0.05) is 31.7 Å². The molecule has 0 aliphatic carbocycles. The van der Waals surface area contributed by atoms with Gasteiger partial charge >= 0.3 is 0 Å². The van der Waals surface area contributed by atoms with Gasteiger partial charge in [-0.05, 0) is 29.7 Å². The highest BCUT2D eigenvalue weighted by Gasteiger charge is 2.07. The Hall–Kier alpha value is -2.17. The van der Waals surface area contributed by atoms with Crippen LogP contribution in [0.4, 0.5) is 0 Å². The molecule has 4 nitrogen and oxygen atoms in total. The summed E-state index contributed by atoms with van der Waals surface area (Å²) in [7, 11) is 0. The van der Waals surface area contributed by atoms with E-state index in [0.717, 1.165) is 31.6 Å². The molecule has 0 heterocycles. The Kier molecular flexibility index (Phi) is 6.13. The van der Waals surface area contributed by atoms with Crippen LogP contribution in [0.25, 0.3) is 0 Å². The smallest absolute Gasteiger partial charge is 0.248 e. The fourth-order valence-electron chi connectivity index (χ4n) is 2.42. The summed E-state index contributed by atoms with van der Waals surface area (Å²) in [6.07, 6.45) is 1.00. The number of hydrogen-bond acceptors (Lipinski definition) is 3. The molecular weight excluding hydrogens is 274 g/mol. The molecule has 0 unspecified atom stereocenters. The topological polar surface area (TPSA) is 72.3 Å². The van der Waals surface area contributed by atoms with Gasteiger partial charge in [0.2, 0.25) is 5.91 Å². The molecule has 2 aromatic rings. The van der Waals surface area contributed by atoms with E-state index in [4.69, 9.17) is 11.5 Å². The van der Waals surface area contributed by atoms with Crippen LogP contribution in [-0.4, -0.2) is 30.4 Å². The molecule has 0 saturated heterocycles. The number of amides is 1. The van der Waals surface area contributed by atoms with E-state index in [1.807, 2.05) is 18.2 Å². The zero-order valence-corrected chi connectivity index (χ0v) is 12.7. The van der Waals surface area contributed by atoms with Crippen molar-refractivity contribution in [2.24, 2.45) is 11.5 Å². The van der Waals surface area contributed by atoms with Gasteiger partial charge in [0.15, 0.2) is 0 Å². The lowest BCUT2D eigenvalue weighted by Gasteiger charge is -2.21. The molecule has 0 fully saturated rings. The van der Waals surface area contributed by atoms with Crippen LogP contribution in [0, 0.1) is 0 Å². The highest BCUT2D eigenvalue weighted by Crippen LogP contribution is 2.09. The van der Waals surface area contributed by atoms with Crippen molar-refractivity contribution in [2.45, 2.75) is 13.0 Å². The highest BCUT2D eigenvalue weighted by molar-refractivity contribution is 5.92. The average molecular weight is 297 g/mol. The number of nitrogens with zero attached hydrogens (tertiary/aromatic N) is 1. The van der Waals surface area contributed by atoms with Crippen molar-refractivity contribution in [1.29, 1.82) is 0 Å². The third-order valence-electron chi connectivity index (χ3n) is 3.65. The minimum Gasteiger partial charge on any atom is -0.366 e. The Morgan fingerprint density at radius 1 is 0.909 bits per heavy atom. The van der Waals surface area contributed by atoms with Crippen LogP contribution in [0.15, 0.2) is 54.6 Å². The lowest BCUT2D eigenvalue weighted by Crippen LogP contribution is -2.31. The Morgan fingerprint density at radius 3 is 2.18 bits per heavy atom. The lowest BCUT2D eigenvalue weighted by molar-refractivity contribution is 0.100. The van der Waals surface area contributed by atoms with Gasteiger partial charge in [0.1, 0.15) is 0 Å². The van der Waals surface area contributed by atoms with E-state index in [0.29, 0.717) is 12.1 Å². The number of carbonyl (C=O) groups is 1. The van der Waals surface area contributed by atoms with Gasteiger partial charge in [0.25, 0.3) is 0 Å². The van der Waals surface area contributed by atoms with E-state index in [9.17, 15) is 4.79 Å². The van der Waals surface area contributed by atoms with Gasteiger partial charge in [-0.25, -0.2) is 0 Å². The van der Waals surface area contributed by atoms with Crippen molar-refractivity contribution >= 4 is 5.91 Å². The fraction of sp³-hybridized carbons (Fsp3) is 0.278. The average Bonchev–Trinajstić information content (AvgIpc) is 2.54. The van der Waals surface area contributed by atoms with Crippen molar-refractivity contribution in [3.05, 3.63) is 71.3 Å². The molecular formula is C18H23N3O. The molecule has 22 heavy (non-hydrogen) atoms. The Bertz CT molecular complexity index is 581. The van der Waals surface area contributed by atoms with Gasteiger partial charge in [0.05, 0.1) is 0 Å². The number of nitrogens with two attached hydrogens (primary N) is 2. The van der Waals surface area contributed by atoms with Crippen molar-refractivity contribution < 1.29 is 4.79 Å². The maximum absolute atomic E-state index is 11.1. The molecule has 2 rings (SSSR count). The first-order valence-corrected chi connectivity index (χ1v) is 7.54. The van der Waals surface area contributed by atoms with E-state index < -0.39 is 5.91 Å². The standard InChI is InChI=1S/C18H23N3O/c19-11-13-21(12-10-15-4-2-1-3-5-15)14-16-6-8-17(9-7-16)18(20)22/h1-9H,10-14,19H2,(H2,20,22). The van der Waals surface area contributed by atoms with Crippen LogP contribution in [0.3, 0.4) is 0 Å². The lowest BCUT2D eigenvalue weighted by atomic mass is 10.1.